The molecule has 0 heterocycles. The quantitative estimate of drug-likeness (QED) is 0.745. The van der Waals surface area contributed by atoms with Gasteiger partial charge in [0.2, 0.25) is 0 Å². The Hall–Kier alpha value is -1.60. The smallest absolute Gasteiger partial charge is 0.326 e. The average Bonchev–Trinajstić information content (AvgIpc) is 2.45. The zero-order valence-electron chi connectivity index (χ0n) is 13.7. The molecule has 0 aliphatic rings. The number of hydrogen-bond acceptors (Lipinski definition) is 4. The number of carbonyl (C=O) groups excluding carboxylic acids is 1. The number of ether oxygens (including phenoxy) is 1. The number of amides is 1. The van der Waals surface area contributed by atoms with Crippen molar-refractivity contribution < 1.29 is 23.8 Å². The van der Waals surface area contributed by atoms with Gasteiger partial charge in [0.25, 0.3) is 5.91 Å². The third-order valence-electron chi connectivity index (χ3n) is 2.96. The average molecular weight is 343 g/mol. The van der Waals surface area contributed by atoms with E-state index in [1.807, 2.05) is 20.8 Å². The van der Waals surface area contributed by atoms with Gasteiger partial charge in [-0.15, -0.1) is 11.8 Å². The summed E-state index contributed by atoms with van der Waals surface area (Å²) >= 11 is 1.18. The predicted molar refractivity (Wildman–Crippen MR) is 87.4 cm³/mol. The first-order valence-corrected chi connectivity index (χ1v) is 8.37. The molecule has 1 atom stereocenters. The van der Waals surface area contributed by atoms with Crippen LogP contribution >= 0.6 is 11.8 Å². The minimum absolute atomic E-state index is 0.148. The Morgan fingerprint density at radius 3 is 2.57 bits per heavy atom. The van der Waals surface area contributed by atoms with E-state index in [2.05, 4.69) is 5.32 Å². The summed E-state index contributed by atoms with van der Waals surface area (Å²) in [4.78, 5) is 23.8. The van der Waals surface area contributed by atoms with E-state index in [-0.39, 0.29) is 24.2 Å². The van der Waals surface area contributed by atoms with E-state index >= 15 is 0 Å². The number of aliphatic carboxylic acids is 1. The zero-order valence-corrected chi connectivity index (χ0v) is 14.5. The SMILES string of the molecule is CSc1cc(C(=O)NC(CCOC(C)(C)C)C(=O)O)ccc1F. The first-order chi connectivity index (χ1) is 10.6. The van der Waals surface area contributed by atoms with Crippen LogP contribution in [0.4, 0.5) is 4.39 Å². The van der Waals surface area contributed by atoms with Crippen LogP contribution in [0.2, 0.25) is 0 Å². The van der Waals surface area contributed by atoms with E-state index in [0.717, 1.165) is 0 Å². The fourth-order valence-electron chi connectivity index (χ4n) is 1.78. The van der Waals surface area contributed by atoms with Gasteiger partial charge >= 0.3 is 5.97 Å². The van der Waals surface area contributed by atoms with Gasteiger partial charge in [-0.05, 0) is 45.2 Å². The molecule has 2 N–H and O–H groups in total. The third-order valence-corrected chi connectivity index (χ3v) is 3.71. The molecule has 1 rings (SSSR count). The molecule has 0 bridgehead atoms. The van der Waals surface area contributed by atoms with Gasteiger partial charge in [0.15, 0.2) is 0 Å². The monoisotopic (exact) mass is 343 g/mol. The second kappa shape index (κ2) is 8.31. The Morgan fingerprint density at radius 2 is 2.04 bits per heavy atom. The molecule has 23 heavy (non-hydrogen) atoms. The zero-order chi connectivity index (χ0) is 17.6. The van der Waals surface area contributed by atoms with Crippen molar-refractivity contribution in [2.75, 3.05) is 12.9 Å². The highest BCUT2D eigenvalue weighted by molar-refractivity contribution is 7.98. The Labute approximate surface area is 139 Å². The fourth-order valence-corrected chi connectivity index (χ4v) is 2.29. The topological polar surface area (TPSA) is 75.6 Å². The van der Waals surface area contributed by atoms with Crippen LogP contribution in [-0.2, 0) is 9.53 Å². The van der Waals surface area contributed by atoms with Crippen molar-refractivity contribution in [1.29, 1.82) is 0 Å². The van der Waals surface area contributed by atoms with Gasteiger partial charge in [0.05, 0.1) is 5.60 Å². The molecule has 0 aromatic heterocycles. The van der Waals surface area contributed by atoms with Crippen molar-refractivity contribution in [1.82, 2.24) is 5.32 Å². The van der Waals surface area contributed by atoms with Crippen LogP contribution in [0.1, 0.15) is 37.6 Å². The standard InChI is InChI=1S/C16H22FNO4S/c1-16(2,3)22-8-7-12(15(20)21)18-14(19)10-5-6-11(17)13(9-10)23-4/h5-6,9,12H,7-8H2,1-4H3,(H,18,19)(H,20,21). The minimum Gasteiger partial charge on any atom is -0.480 e. The van der Waals surface area contributed by atoms with Crippen molar-refractivity contribution in [2.24, 2.45) is 0 Å². The molecule has 0 aliphatic carbocycles. The number of halogens is 1. The van der Waals surface area contributed by atoms with Crippen LogP contribution in [0.3, 0.4) is 0 Å². The van der Waals surface area contributed by atoms with Crippen molar-refractivity contribution in [3.8, 4) is 0 Å². The third kappa shape index (κ3) is 6.58. The number of thioether (sulfide) groups is 1. The Kier molecular flexibility index (Phi) is 7.02. The lowest BCUT2D eigenvalue weighted by Gasteiger charge is -2.21. The summed E-state index contributed by atoms with van der Waals surface area (Å²) in [5, 5.41) is 11.6. The minimum atomic E-state index is -1.14. The molecule has 1 amide bonds. The molecule has 7 heteroatoms. The van der Waals surface area contributed by atoms with Gasteiger partial charge in [-0.3, -0.25) is 4.79 Å². The molecule has 0 fully saturated rings. The molecule has 0 saturated carbocycles. The number of rotatable bonds is 7. The number of carbonyl (C=O) groups is 2. The van der Waals surface area contributed by atoms with Gasteiger partial charge in [0, 0.05) is 23.5 Å². The van der Waals surface area contributed by atoms with E-state index in [0.29, 0.717) is 4.90 Å². The second-order valence-electron chi connectivity index (χ2n) is 5.96. The molecule has 128 valence electrons. The molecular weight excluding hydrogens is 321 g/mol. The van der Waals surface area contributed by atoms with Crippen LogP contribution < -0.4 is 5.32 Å². The number of carboxylic acid groups (broad SMARTS) is 1. The molecule has 0 aliphatic heterocycles. The molecule has 0 spiro atoms. The summed E-state index contributed by atoms with van der Waals surface area (Å²) in [6.07, 6.45) is 1.85. The summed E-state index contributed by atoms with van der Waals surface area (Å²) < 4.78 is 18.9. The normalized spacial score (nSPS) is 12.7. The van der Waals surface area contributed by atoms with Crippen LogP contribution in [0.25, 0.3) is 0 Å². The molecule has 0 saturated heterocycles. The Morgan fingerprint density at radius 1 is 1.39 bits per heavy atom. The summed E-state index contributed by atoms with van der Waals surface area (Å²) in [6, 6.07) is 2.86. The highest BCUT2D eigenvalue weighted by Crippen LogP contribution is 2.20. The van der Waals surface area contributed by atoms with Crippen molar-refractivity contribution in [2.45, 2.75) is 43.7 Å². The van der Waals surface area contributed by atoms with E-state index in [4.69, 9.17) is 4.74 Å². The molecule has 0 radical (unpaired) electrons. The molecule has 1 aromatic rings. The maximum atomic E-state index is 13.4. The Balaban J connectivity index is 2.72. The van der Waals surface area contributed by atoms with Crippen molar-refractivity contribution >= 4 is 23.6 Å². The maximum absolute atomic E-state index is 13.4. The molecule has 5 nitrogen and oxygen atoms in total. The number of hydrogen-bond donors (Lipinski definition) is 2. The van der Waals surface area contributed by atoms with E-state index in [1.54, 1.807) is 6.26 Å². The lowest BCUT2D eigenvalue weighted by Crippen LogP contribution is -2.42. The van der Waals surface area contributed by atoms with Crippen LogP contribution in [0.5, 0.6) is 0 Å². The lowest BCUT2D eigenvalue weighted by molar-refractivity contribution is -0.140. The first-order valence-electron chi connectivity index (χ1n) is 7.15. The largest absolute Gasteiger partial charge is 0.480 e. The van der Waals surface area contributed by atoms with Gasteiger partial charge in [0.1, 0.15) is 11.9 Å². The lowest BCUT2D eigenvalue weighted by atomic mass is 10.1. The van der Waals surface area contributed by atoms with Gasteiger partial charge < -0.3 is 15.2 Å². The maximum Gasteiger partial charge on any atom is 0.326 e. The summed E-state index contributed by atoms with van der Waals surface area (Å²) in [6.45, 7) is 5.80. The highest BCUT2D eigenvalue weighted by atomic mass is 32.2. The van der Waals surface area contributed by atoms with Crippen LogP contribution in [-0.4, -0.2) is 41.5 Å². The van der Waals surface area contributed by atoms with Gasteiger partial charge in [-0.2, -0.15) is 0 Å². The summed E-state index contributed by atoms with van der Waals surface area (Å²) in [7, 11) is 0. The fraction of sp³-hybridized carbons (Fsp3) is 0.500. The number of benzene rings is 1. The van der Waals surface area contributed by atoms with E-state index < -0.39 is 23.7 Å². The summed E-state index contributed by atoms with van der Waals surface area (Å²) in [5.41, 5.74) is -0.157. The van der Waals surface area contributed by atoms with Crippen molar-refractivity contribution in [3.63, 3.8) is 0 Å². The van der Waals surface area contributed by atoms with E-state index in [9.17, 15) is 19.1 Å². The van der Waals surface area contributed by atoms with Crippen LogP contribution in [0, 0.1) is 5.82 Å². The molecule has 1 unspecified atom stereocenters. The van der Waals surface area contributed by atoms with Gasteiger partial charge in [-0.25, -0.2) is 9.18 Å². The molecule has 1 aromatic carbocycles. The highest BCUT2D eigenvalue weighted by Gasteiger charge is 2.22. The number of carboxylic acids is 1. The summed E-state index contributed by atoms with van der Waals surface area (Å²) in [5.74, 6) is -2.10. The van der Waals surface area contributed by atoms with E-state index in [1.165, 1.54) is 30.0 Å². The first kappa shape index (κ1) is 19.4. The Bertz CT molecular complexity index is 572. The van der Waals surface area contributed by atoms with Gasteiger partial charge in [-0.1, -0.05) is 0 Å². The van der Waals surface area contributed by atoms with Crippen molar-refractivity contribution in [3.05, 3.63) is 29.6 Å². The predicted octanol–water partition coefficient (Wildman–Crippen LogP) is 2.94. The van der Waals surface area contributed by atoms with Crippen LogP contribution in [0.15, 0.2) is 23.1 Å². The number of nitrogens with one attached hydrogen (secondary N) is 1. The molecular formula is C16H22FNO4S. The second-order valence-corrected chi connectivity index (χ2v) is 6.81.